The van der Waals surface area contributed by atoms with Crippen LogP contribution in [0.25, 0.3) is 0 Å². The van der Waals surface area contributed by atoms with Crippen LogP contribution in [0.5, 0.6) is 11.5 Å². The third-order valence-electron chi connectivity index (χ3n) is 2.45. The zero-order chi connectivity index (χ0) is 12.8. The number of hydrogen-bond acceptors (Lipinski definition) is 5. The van der Waals surface area contributed by atoms with Crippen molar-refractivity contribution >= 4 is 5.97 Å². The Morgan fingerprint density at radius 2 is 1.88 bits per heavy atom. The largest absolute Gasteiger partial charge is 0.493 e. The van der Waals surface area contributed by atoms with Gasteiger partial charge in [-0.1, -0.05) is 6.07 Å². The fourth-order valence-electron chi connectivity index (χ4n) is 1.46. The minimum atomic E-state index is -0.415. The van der Waals surface area contributed by atoms with E-state index in [1.54, 1.807) is 32.4 Å². The fourth-order valence-corrected chi connectivity index (χ4v) is 1.46. The molecule has 1 atom stereocenters. The lowest BCUT2D eigenvalue weighted by atomic mass is 10.0. The van der Waals surface area contributed by atoms with E-state index in [0.29, 0.717) is 11.5 Å². The van der Waals surface area contributed by atoms with E-state index in [1.807, 2.05) is 0 Å². The van der Waals surface area contributed by atoms with Crippen LogP contribution in [-0.4, -0.2) is 27.3 Å². The van der Waals surface area contributed by atoms with Crippen LogP contribution in [-0.2, 0) is 9.53 Å². The second-order valence-corrected chi connectivity index (χ2v) is 3.50. The third kappa shape index (κ3) is 3.35. The van der Waals surface area contributed by atoms with E-state index < -0.39 is 6.04 Å². The Bertz CT molecular complexity index is 392. The normalized spacial score (nSPS) is 11.8. The van der Waals surface area contributed by atoms with Crippen molar-refractivity contribution in [1.29, 1.82) is 0 Å². The number of nitrogens with two attached hydrogens (primary N) is 1. The molecule has 17 heavy (non-hydrogen) atoms. The van der Waals surface area contributed by atoms with E-state index in [0.717, 1.165) is 5.56 Å². The Kier molecular flexibility index (Phi) is 4.78. The number of ether oxygens (including phenoxy) is 3. The second kappa shape index (κ2) is 6.10. The lowest BCUT2D eigenvalue weighted by molar-refractivity contribution is -0.141. The molecule has 0 amide bonds. The highest BCUT2D eigenvalue weighted by Gasteiger charge is 2.14. The molecule has 0 saturated heterocycles. The van der Waals surface area contributed by atoms with Crippen LogP contribution in [0.4, 0.5) is 0 Å². The highest BCUT2D eigenvalue weighted by Crippen LogP contribution is 2.30. The molecule has 0 bridgehead atoms. The Morgan fingerprint density at radius 1 is 1.24 bits per heavy atom. The topological polar surface area (TPSA) is 70.8 Å². The van der Waals surface area contributed by atoms with Crippen molar-refractivity contribution in [1.82, 2.24) is 0 Å². The predicted octanol–water partition coefficient (Wildman–Crippen LogP) is 1.27. The Labute approximate surface area is 100 Å². The van der Waals surface area contributed by atoms with Crippen molar-refractivity contribution in [3.05, 3.63) is 23.8 Å². The Hall–Kier alpha value is -1.75. The van der Waals surface area contributed by atoms with E-state index in [9.17, 15) is 4.79 Å². The van der Waals surface area contributed by atoms with E-state index in [-0.39, 0.29) is 12.4 Å². The van der Waals surface area contributed by atoms with Gasteiger partial charge in [0, 0.05) is 6.04 Å². The molecule has 0 aliphatic carbocycles. The molecule has 0 aliphatic heterocycles. The molecule has 2 N–H and O–H groups in total. The Balaban J connectivity index is 2.87. The highest BCUT2D eigenvalue weighted by molar-refractivity contribution is 5.70. The SMILES string of the molecule is COC(=O)C[C@@H](N)c1ccc(OC)c(OC)c1. The fraction of sp³-hybridized carbons (Fsp3) is 0.417. The van der Waals surface area contributed by atoms with Gasteiger partial charge in [-0.05, 0) is 17.7 Å². The van der Waals surface area contributed by atoms with Crippen LogP contribution in [0.1, 0.15) is 18.0 Å². The molecule has 0 spiro atoms. The summed E-state index contributed by atoms with van der Waals surface area (Å²) in [7, 11) is 4.45. The van der Waals surface area contributed by atoms with Crippen LogP contribution in [0.15, 0.2) is 18.2 Å². The molecule has 0 heterocycles. The molecule has 1 aromatic carbocycles. The number of methoxy groups -OCH3 is 3. The molecule has 0 saturated carbocycles. The van der Waals surface area contributed by atoms with Gasteiger partial charge in [0.25, 0.3) is 0 Å². The molecule has 0 fully saturated rings. The summed E-state index contributed by atoms with van der Waals surface area (Å²) in [6.45, 7) is 0. The molecule has 5 heteroatoms. The first-order valence-corrected chi connectivity index (χ1v) is 5.16. The van der Waals surface area contributed by atoms with Gasteiger partial charge in [0.1, 0.15) is 0 Å². The highest BCUT2D eigenvalue weighted by atomic mass is 16.5. The van der Waals surface area contributed by atoms with E-state index >= 15 is 0 Å². The monoisotopic (exact) mass is 239 g/mol. The lowest BCUT2D eigenvalue weighted by Crippen LogP contribution is -2.16. The average molecular weight is 239 g/mol. The smallest absolute Gasteiger partial charge is 0.307 e. The molecular formula is C12H17NO4. The van der Waals surface area contributed by atoms with Crippen LogP contribution in [0.3, 0.4) is 0 Å². The number of carbonyl (C=O) groups is 1. The summed E-state index contributed by atoms with van der Waals surface area (Å²) in [5, 5.41) is 0. The minimum absolute atomic E-state index is 0.131. The van der Waals surface area contributed by atoms with Crippen molar-refractivity contribution in [2.45, 2.75) is 12.5 Å². The van der Waals surface area contributed by atoms with Crippen molar-refractivity contribution in [2.75, 3.05) is 21.3 Å². The molecule has 5 nitrogen and oxygen atoms in total. The van der Waals surface area contributed by atoms with Gasteiger partial charge in [0.2, 0.25) is 0 Å². The Morgan fingerprint density at radius 3 is 2.41 bits per heavy atom. The molecule has 0 aliphatic rings. The lowest BCUT2D eigenvalue weighted by Gasteiger charge is -2.13. The summed E-state index contributed by atoms with van der Waals surface area (Å²) >= 11 is 0. The molecule has 1 aromatic rings. The molecule has 0 radical (unpaired) electrons. The first-order chi connectivity index (χ1) is 8.12. The van der Waals surface area contributed by atoms with Crippen LogP contribution < -0.4 is 15.2 Å². The molecular weight excluding hydrogens is 222 g/mol. The first kappa shape index (κ1) is 13.3. The molecule has 94 valence electrons. The molecule has 0 aromatic heterocycles. The standard InChI is InChI=1S/C12H17NO4/c1-15-10-5-4-8(6-11(10)16-2)9(13)7-12(14)17-3/h4-6,9H,7,13H2,1-3H3/t9-/m1/s1. The van der Waals surface area contributed by atoms with Crippen LogP contribution in [0, 0.1) is 0 Å². The van der Waals surface area contributed by atoms with Gasteiger partial charge in [0.15, 0.2) is 11.5 Å². The second-order valence-electron chi connectivity index (χ2n) is 3.50. The van der Waals surface area contributed by atoms with E-state index in [4.69, 9.17) is 15.2 Å². The van der Waals surface area contributed by atoms with Crippen molar-refractivity contribution in [3.8, 4) is 11.5 Å². The van der Waals surface area contributed by atoms with E-state index in [1.165, 1.54) is 7.11 Å². The summed E-state index contributed by atoms with van der Waals surface area (Å²) in [4.78, 5) is 11.1. The van der Waals surface area contributed by atoms with Gasteiger partial charge in [-0.15, -0.1) is 0 Å². The summed E-state index contributed by atoms with van der Waals surface area (Å²) in [5.41, 5.74) is 6.69. The summed E-state index contributed by atoms with van der Waals surface area (Å²) in [6, 6.07) is 4.90. The zero-order valence-corrected chi connectivity index (χ0v) is 10.2. The third-order valence-corrected chi connectivity index (χ3v) is 2.45. The number of esters is 1. The van der Waals surface area contributed by atoms with Gasteiger partial charge in [-0.3, -0.25) is 4.79 Å². The number of hydrogen-bond donors (Lipinski definition) is 1. The maximum absolute atomic E-state index is 11.1. The maximum atomic E-state index is 11.1. The van der Waals surface area contributed by atoms with E-state index in [2.05, 4.69) is 4.74 Å². The van der Waals surface area contributed by atoms with Gasteiger partial charge in [-0.25, -0.2) is 0 Å². The van der Waals surface area contributed by atoms with Gasteiger partial charge in [0.05, 0.1) is 27.8 Å². The van der Waals surface area contributed by atoms with Gasteiger partial charge in [-0.2, -0.15) is 0 Å². The maximum Gasteiger partial charge on any atom is 0.307 e. The quantitative estimate of drug-likeness (QED) is 0.783. The first-order valence-electron chi connectivity index (χ1n) is 5.16. The number of rotatable bonds is 5. The molecule has 0 unspecified atom stereocenters. The van der Waals surface area contributed by atoms with Crippen LogP contribution in [0.2, 0.25) is 0 Å². The summed E-state index contributed by atoms with van der Waals surface area (Å²) in [5.74, 6) is 0.874. The zero-order valence-electron chi connectivity index (χ0n) is 10.2. The number of carbonyl (C=O) groups excluding carboxylic acids is 1. The number of benzene rings is 1. The van der Waals surface area contributed by atoms with Gasteiger partial charge >= 0.3 is 5.97 Å². The van der Waals surface area contributed by atoms with Crippen molar-refractivity contribution in [3.63, 3.8) is 0 Å². The average Bonchev–Trinajstić information content (AvgIpc) is 2.37. The minimum Gasteiger partial charge on any atom is -0.493 e. The predicted molar refractivity (Wildman–Crippen MR) is 63.1 cm³/mol. The van der Waals surface area contributed by atoms with Crippen molar-refractivity contribution in [2.24, 2.45) is 5.73 Å². The summed E-state index contributed by atoms with van der Waals surface area (Å²) in [6.07, 6.45) is 0.131. The van der Waals surface area contributed by atoms with Crippen molar-refractivity contribution < 1.29 is 19.0 Å². The van der Waals surface area contributed by atoms with Gasteiger partial charge < -0.3 is 19.9 Å². The summed E-state index contributed by atoms with van der Waals surface area (Å²) < 4.78 is 14.8. The molecule has 1 rings (SSSR count). The van der Waals surface area contributed by atoms with Crippen LogP contribution >= 0.6 is 0 Å².